The number of imidazole rings is 1. The Bertz CT molecular complexity index is 720. The van der Waals surface area contributed by atoms with Crippen LogP contribution in [0.5, 0.6) is 0 Å². The number of sulfonamides is 1. The number of hydrogen-bond donors (Lipinski definition) is 2. The van der Waals surface area contributed by atoms with E-state index >= 15 is 0 Å². The standard InChI is InChI=1S/C12H13ClFN3O3S/c13-10-5-9(7-18)12(14)11(6-10)21(19,20)16-2-4-17-3-1-15-8-17/h1,3,5-6,8,16,18H,2,4,7H2. The molecular formula is C12H13ClFN3O3S. The molecule has 0 unspecified atom stereocenters. The third-order valence-electron chi connectivity index (χ3n) is 2.76. The molecule has 0 radical (unpaired) electrons. The van der Waals surface area contributed by atoms with Crippen molar-refractivity contribution < 1.29 is 17.9 Å². The molecule has 0 aliphatic heterocycles. The van der Waals surface area contributed by atoms with E-state index in [2.05, 4.69) is 9.71 Å². The van der Waals surface area contributed by atoms with Crippen LogP contribution < -0.4 is 4.72 Å². The minimum atomic E-state index is -4.05. The first-order valence-corrected chi connectivity index (χ1v) is 7.84. The molecule has 0 spiro atoms. The molecule has 1 heterocycles. The highest BCUT2D eigenvalue weighted by atomic mass is 35.5. The average Bonchev–Trinajstić information content (AvgIpc) is 2.93. The molecule has 1 aromatic heterocycles. The highest BCUT2D eigenvalue weighted by Gasteiger charge is 2.21. The van der Waals surface area contributed by atoms with Crippen LogP contribution in [-0.2, 0) is 23.2 Å². The Morgan fingerprint density at radius 2 is 2.19 bits per heavy atom. The maximum atomic E-state index is 14.0. The molecule has 1 aromatic carbocycles. The number of aliphatic hydroxyl groups excluding tert-OH is 1. The van der Waals surface area contributed by atoms with E-state index in [1.807, 2.05) is 0 Å². The lowest BCUT2D eigenvalue weighted by atomic mass is 10.2. The van der Waals surface area contributed by atoms with Crippen molar-refractivity contribution in [3.8, 4) is 0 Å². The summed E-state index contributed by atoms with van der Waals surface area (Å²) >= 11 is 5.74. The van der Waals surface area contributed by atoms with Gasteiger partial charge in [0.05, 0.1) is 12.9 Å². The molecule has 6 nitrogen and oxygen atoms in total. The van der Waals surface area contributed by atoms with Crippen LogP contribution in [0.2, 0.25) is 5.02 Å². The van der Waals surface area contributed by atoms with Gasteiger partial charge in [0.15, 0.2) is 0 Å². The molecule has 0 amide bonds. The van der Waals surface area contributed by atoms with Crippen molar-refractivity contribution in [1.29, 1.82) is 0 Å². The predicted octanol–water partition coefficient (Wildman–Crippen LogP) is 1.15. The van der Waals surface area contributed by atoms with Gasteiger partial charge in [0.1, 0.15) is 10.7 Å². The number of aromatic nitrogens is 2. The van der Waals surface area contributed by atoms with Crippen molar-refractivity contribution in [3.63, 3.8) is 0 Å². The normalized spacial score (nSPS) is 11.8. The summed E-state index contributed by atoms with van der Waals surface area (Å²) in [6, 6.07) is 2.19. The monoisotopic (exact) mass is 333 g/mol. The number of hydrogen-bond acceptors (Lipinski definition) is 4. The van der Waals surface area contributed by atoms with Gasteiger partial charge in [-0.1, -0.05) is 11.6 Å². The van der Waals surface area contributed by atoms with Crippen LogP contribution in [0.4, 0.5) is 4.39 Å². The SMILES string of the molecule is O=S(=O)(NCCn1ccnc1)c1cc(Cl)cc(CO)c1F. The first-order chi connectivity index (χ1) is 9.94. The summed E-state index contributed by atoms with van der Waals surface area (Å²) in [4.78, 5) is 3.25. The van der Waals surface area contributed by atoms with Gasteiger partial charge in [-0.25, -0.2) is 22.5 Å². The van der Waals surface area contributed by atoms with E-state index in [0.29, 0.717) is 6.54 Å². The van der Waals surface area contributed by atoms with Gasteiger partial charge in [-0.3, -0.25) is 0 Å². The Labute approximate surface area is 126 Å². The van der Waals surface area contributed by atoms with Crippen LogP contribution in [0.1, 0.15) is 5.56 Å². The van der Waals surface area contributed by atoms with Crippen molar-refractivity contribution >= 4 is 21.6 Å². The van der Waals surface area contributed by atoms with Gasteiger partial charge in [0.25, 0.3) is 0 Å². The quantitative estimate of drug-likeness (QED) is 0.830. The Balaban J connectivity index is 2.17. The van der Waals surface area contributed by atoms with Crippen molar-refractivity contribution in [3.05, 3.63) is 47.3 Å². The van der Waals surface area contributed by atoms with Gasteiger partial charge < -0.3 is 9.67 Å². The molecule has 9 heteroatoms. The van der Waals surface area contributed by atoms with E-state index in [9.17, 15) is 12.8 Å². The summed E-state index contributed by atoms with van der Waals surface area (Å²) in [7, 11) is -4.05. The van der Waals surface area contributed by atoms with Crippen molar-refractivity contribution in [2.45, 2.75) is 18.0 Å². The summed E-state index contributed by atoms with van der Waals surface area (Å²) in [5.74, 6) is -1.00. The van der Waals surface area contributed by atoms with Crippen molar-refractivity contribution in [2.75, 3.05) is 6.54 Å². The smallest absolute Gasteiger partial charge is 0.243 e. The first kappa shape index (κ1) is 15.9. The van der Waals surface area contributed by atoms with Crippen LogP contribution in [0.3, 0.4) is 0 Å². The lowest BCUT2D eigenvalue weighted by Gasteiger charge is -2.10. The number of halogens is 2. The third-order valence-corrected chi connectivity index (χ3v) is 4.44. The first-order valence-electron chi connectivity index (χ1n) is 5.98. The molecule has 0 saturated carbocycles. The van der Waals surface area contributed by atoms with Crippen LogP contribution >= 0.6 is 11.6 Å². The molecule has 0 aliphatic rings. The molecule has 2 rings (SSSR count). The molecule has 114 valence electrons. The van der Waals surface area contributed by atoms with Gasteiger partial charge in [-0.05, 0) is 12.1 Å². The predicted molar refractivity (Wildman–Crippen MR) is 74.7 cm³/mol. The second-order valence-corrected chi connectivity index (χ2v) is 6.41. The van der Waals surface area contributed by atoms with Gasteiger partial charge in [-0.15, -0.1) is 0 Å². The van der Waals surface area contributed by atoms with Crippen LogP contribution in [0, 0.1) is 5.82 Å². The second-order valence-electron chi connectivity index (χ2n) is 4.23. The van der Waals surface area contributed by atoms with E-state index in [1.165, 1.54) is 12.4 Å². The van der Waals surface area contributed by atoms with Gasteiger partial charge in [0, 0.05) is 36.1 Å². The maximum absolute atomic E-state index is 14.0. The fraction of sp³-hybridized carbons (Fsp3) is 0.250. The fourth-order valence-corrected chi connectivity index (χ4v) is 3.20. The molecular weight excluding hydrogens is 321 g/mol. The number of rotatable bonds is 6. The third kappa shape index (κ3) is 3.79. The Morgan fingerprint density at radius 1 is 1.43 bits per heavy atom. The highest BCUT2D eigenvalue weighted by Crippen LogP contribution is 2.23. The average molecular weight is 334 g/mol. The zero-order chi connectivity index (χ0) is 15.5. The van der Waals surface area contributed by atoms with E-state index in [1.54, 1.807) is 17.0 Å². The van der Waals surface area contributed by atoms with Crippen LogP contribution in [-0.4, -0.2) is 29.6 Å². The molecule has 2 aromatic rings. The lowest BCUT2D eigenvalue weighted by Crippen LogP contribution is -2.28. The lowest BCUT2D eigenvalue weighted by molar-refractivity contribution is 0.274. The Hall–Kier alpha value is -1.48. The van der Waals surface area contributed by atoms with Gasteiger partial charge >= 0.3 is 0 Å². The van der Waals surface area contributed by atoms with E-state index in [0.717, 1.165) is 6.07 Å². The van der Waals surface area contributed by atoms with Crippen molar-refractivity contribution in [1.82, 2.24) is 14.3 Å². The summed E-state index contributed by atoms with van der Waals surface area (Å²) < 4.78 is 42.1. The minimum Gasteiger partial charge on any atom is -0.392 e. The minimum absolute atomic E-state index is 0.0374. The molecule has 2 N–H and O–H groups in total. The summed E-state index contributed by atoms with van der Waals surface area (Å²) in [5, 5.41) is 9.05. The molecule has 21 heavy (non-hydrogen) atoms. The fourth-order valence-electron chi connectivity index (χ4n) is 1.73. The van der Waals surface area contributed by atoms with Crippen LogP contribution in [0.25, 0.3) is 0 Å². The van der Waals surface area contributed by atoms with Crippen molar-refractivity contribution in [2.24, 2.45) is 0 Å². The maximum Gasteiger partial charge on any atom is 0.243 e. The van der Waals surface area contributed by atoms with E-state index < -0.39 is 27.3 Å². The zero-order valence-electron chi connectivity index (χ0n) is 10.8. The highest BCUT2D eigenvalue weighted by molar-refractivity contribution is 7.89. The summed E-state index contributed by atoms with van der Waals surface area (Å²) in [6.07, 6.45) is 4.79. The van der Waals surface area contributed by atoms with Gasteiger partial charge in [-0.2, -0.15) is 0 Å². The second kappa shape index (κ2) is 6.52. The topological polar surface area (TPSA) is 84.2 Å². The van der Waals surface area contributed by atoms with E-state index in [-0.39, 0.29) is 17.1 Å². The summed E-state index contributed by atoms with van der Waals surface area (Å²) in [6.45, 7) is -0.211. The number of nitrogens with zero attached hydrogens (tertiary/aromatic N) is 2. The number of nitrogens with one attached hydrogen (secondary N) is 1. The summed E-state index contributed by atoms with van der Waals surface area (Å²) in [5.41, 5.74) is -0.169. The molecule has 0 aliphatic carbocycles. The van der Waals surface area contributed by atoms with E-state index in [4.69, 9.17) is 16.7 Å². The Morgan fingerprint density at radius 3 is 2.81 bits per heavy atom. The zero-order valence-corrected chi connectivity index (χ0v) is 12.4. The molecule has 0 bridgehead atoms. The van der Waals surface area contributed by atoms with Gasteiger partial charge in [0.2, 0.25) is 10.0 Å². The Kier molecular flexibility index (Phi) is 4.94. The number of aliphatic hydroxyl groups is 1. The largest absolute Gasteiger partial charge is 0.392 e. The van der Waals surface area contributed by atoms with Crippen LogP contribution in [0.15, 0.2) is 35.7 Å². The molecule has 0 fully saturated rings. The molecule has 0 atom stereocenters. The molecule has 0 saturated heterocycles. The number of benzene rings is 1.